The molecular weight excluding hydrogens is 146 g/mol. The Labute approximate surface area is 74.3 Å². The van der Waals surface area contributed by atoms with E-state index in [-0.39, 0.29) is 0 Å². The summed E-state index contributed by atoms with van der Waals surface area (Å²) >= 11 is 0. The van der Waals surface area contributed by atoms with Crippen LogP contribution < -0.4 is 5.73 Å². The van der Waals surface area contributed by atoms with Crippen molar-refractivity contribution in [1.29, 1.82) is 0 Å². The molecule has 0 aromatic heterocycles. The van der Waals surface area contributed by atoms with Crippen LogP contribution in [-0.4, -0.2) is 6.54 Å². The van der Waals surface area contributed by atoms with E-state index in [0.29, 0.717) is 5.92 Å². The summed E-state index contributed by atoms with van der Waals surface area (Å²) in [6.07, 6.45) is 11.2. The first kappa shape index (κ1) is 8.06. The van der Waals surface area contributed by atoms with Crippen molar-refractivity contribution in [2.75, 3.05) is 6.54 Å². The third-order valence-electron chi connectivity index (χ3n) is 3.02. The van der Waals surface area contributed by atoms with Gasteiger partial charge in [-0.3, -0.25) is 0 Å². The van der Waals surface area contributed by atoms with Gasteiger partial charge in [0.2, 0.25) is 0 Å². The normalized spacial score (nSPS) is 28.9. The molecule has 2 aliphatic carbocycles. The van der Waals surface area contributed by atoms with Gasteiger partial charge in [-0.25, -0.2) is 0 Å². The smallest absolute Gasteiger partial charge is 0.000825 e. The van der Waals surface area contributed by atoms with Crippen molar-refractivity contribution in [2.45, 2.75) is 32.1 Å². The molecule has 1 atom stereocenters. The SMILES string of the molecule is NCC1CCCC2=CCCC=C21. The highest BCUT2D eigenvalue weighted by Crippen LogP contribution is 2.36. The first-order valence-corrected chi connectivity index (χ1v) is 5.01. The molecule has 1 saturated carbocycles. The van der Waals surface area contributed by atoms with Crippen LogP contribution in [0.2, 0.25) is 0 Å². The largest absolute Gasteiger partial charge is 0.330 e. The van der Waals surface area contributed by atoms with Gasteiger partial charge in [0.1, 0.15) is 0 Å². The molecular formula is C11H17N. The predicted molar refractivity (Wildman–Crippen MR) is 51.8 cm³/mol. The second kappa shape index (κ2) is 3.44. The summed E-state index contributed by atoms with van der Waals surface area (Å²) in [4.78, 5) is 0. The molecule has 12 heavy (non-hydrogen) atoms. The highest BCUT2D eigenvalue weighted by Gasteiger charge is 2.22. The fourth-order valence-corrected chi connectivity index (χ4v) is 2.36. The molecule has 1 fully saturated rings. The molecule has 0 heterocycles. The average molecular weight is 163 g/mol. The number of hydrogen-bond donors (Lipinski definition) is 1. The maximum Gasteiger partial charge on any atom is -0.000825 e. The molecule has 2 aliphatic rings. The molecule has 2 rings (SSSR count). The van der Waals surface area contributed by atoms with Crippen molar-refractivity contribution >= 4 is 0 Å². The van der Waals surface area contributed by atoms with Gasteiger partial charge in [0.15, 0.2) is 0 Å². The van der Waals surface area contributed by atoms with E-state index in [1.807, 2.05) is 0 Å². The van der Waals surface area contributed by atoms with Crippen LogP contribution >= 0.6 is 0 Å². The summed E-state index contributed by atoms with van der Waals surface area (Å²) in [5.41, 5.74) is 8.92. The molecule has 0 amide bonds. The second-order valence-corrected chi connectivity index (χ2v) is 3.79. The monoisotopic (exact) mass is 163 g/mol. The van der Waals surface area contributed by atoms with Gasteiger partial charge < -0.3 is 5.73 Å². The first-order valence-electron chi connectivity index (χ1n) is 5.01. The fourth-order valence-electron chi connectivity index (χ4n) is 2.36. The Hall–Kier alpha value is -0.560. The van der Waals surface area contributed by atoms with Gasteiger partial charge >= 0.3 is 0 Å². The lowest BCUT2D eigenvalue weighted by Gasteiger charge is -2.29. The maximum absolute atomic E-state index is 5.74. The zero-order valence-corrected chi connectivity index (χ0v) is 7.55. The lowest BCUT2D eigenvalue weighted by molar-refractivity contribution is 0.503. The van der Waals surface area contributed by atoms with Gasteiger partial charge in [0.25, 0.3) is 0 Å². The Balaban J connectivity index is 2.20. The van der Waals surface area contributed by atoms with E-state index in [1.54, 1.807) is 11.1 Å². The fraction of sp³-hybridized carbons (Fsp3) is 0.636. The third kappa shape index (κ3) is 1.34. The minimum Gasteiger partial charge on any atom is -0.330 e. The molecule has 1 nitrogen and oxygen atoms in total. The number of allylic oxidation sites excluding steroid dienone is 3. The Morgan fingerprint density at radius 3 is 3.00 bits per heavy atom. The molecule has 0 aromatic carbocycles. The Bertz CT molecular complexity index is 225. The van der Waals surface area contributed by atoms with E-state index >= 15 is 0 Å². The Morgan fingerprint density at radius 1 is 1.33 bits per heavy atom. The molecule has 0 aliphatic heterocycles. The molecule has 0 spiro atoms. The summed E-state index contributed by atoms with van der Waals surface area (Å²) in [6, 6.07) is 0. The van der Waals surface area contributed by atoms with Crippen molar-refractivity contribution in [3.05, 3.63) is 23.3 Å². The lowest BCUT2D eigenvalue weighted by Crippen LogP contribution is -2.22. The molecule has 66 valence electrons. The van der Waals surface area contributed by atoms with Gasteiger partial charge in [-0.2, -0.15) is 0 Å². The van der Waals surface area contributed by atoms with Crippen LogP contribution in [0.5, 0.6) is 0 Å². The summed E-state index contributed by atoms with van der Waals surface area (Å²) in [5, 5.41) is 0. The molecule has 1 unspecified atom stereocenters. The standard InChI is InChI=1S/C11H17N/c12-8-10-6-3-5-9-4-1-2-7-11(9)10/h4,7,10H,1-3,5-6,8,12H2. The summed E-state index contributed by atoms with van der Waals surface area (Å²) in [6.45, 7) is 0.836. The highest BCUT2D eigenvalue weighted by atomic mass is 14.6. The lowest BCUT2D eigenvalue weighted by atomic mass is 9.78. The van der Waals surface area contributed by atoms with Gasteiger partial charge in [-0.05, 0) is 55.7 Å². The van der Waals surface area contributed by atoms with Crippen molar-refractivity contribution in [3.63, 3.8) is 0 Å². The summed E-state index contributed by atoms with van der Waals surface area (Å²) in [7, 11) is 0. The van der Waals surface area contributed by atoms with E-state index in [1.165, 1.54) is 32.1 Å². The van der Waals surface area contributed by atoms with Gasteiger partial charge in [-0.15, -0.1) is 0 Å². The summed E-state index contributed by atoms with van der Waals surface area (Å²) < 4.78 is 0. The van der Waals surface area contributed by atoms with E-state index in [9.17, 15) is 0 Å². The van der Waals surface area contributed by atoms with Crippen LogP contribution in [0.25, 0.3) is 0 Å². The molecule has 0 saturated heterocycles. The number of hydrogen-bond acceptors (Lipinski definition) is 1. The van der Waals surface area contributed by atoms with Crippen LogP contribution in [0.3, 0.4) is 0 Å². The second-order valence-electron chi connectivity index (χ2n) is 3.79. The van der Waals surface area contributed by atoms with Crippen molar-refractivity contribution in [1.82, 2.24) is 0 Å². The Morgan fingerprint density at radius 2 is 2.17 bits per heavy atom. The Kier molecular flexibility index (Phi) is 2.31. The third-order valence-corrected chi connectivity index (χ3v) is 3.02. The number of fused-ring (bicyclic) bond motifs is 1. The maximum atomic E-state index is 5.74. The average Bonchev–Trinajstić information content (AvgIpc) is 2.17. The number of rotatable bonds is 1. The van der Waals surface area contributed by atoms with Gasteiger partial charge in [-0.1, -0.05) is 12.2 Å². The quantitative estimate of drug-likeness (QED) is 0.631. The van der Waals surface area contributed by atoms with E-state index in [4.69, 9.17) is 5.73 Å². The van der Waals surface area contributed by atoms with Crippen molar-refractivity contribution < 1.29 is 0 Å². The zero-order valence-electron chi connectivity index (χ0n) is 7.55. The molecule has 0 aromatic rings. The first-order chi connectivity index (χ1) is 5.92. The van der Waals surface area contributed by atoms with Crippen molar-refractivity contribution in [3.8, 4) is 0 Å². The van der Waals surface area contributed by atoms with Gasteiger partial charge in [0, 0.05) is 0 Å². The zero-order chi connectivity index (χ0) is 8.39. The minimum absolute atomic E-state index is 0.672. The summed E-state index contributed by atoms with van der Waals surface area (Å²) in [5.74, 6) is 0.672. The molecule has 1 heteroatoms. The van der Waals surface area contributed by atoms with Crippen LogP contribution in [0.4, 0.5) is 0 Å². The van der Waals surface area contributed by atoms with E-state index in [0.717, 1.165) is 6.54 Å². The van der Waals surface area contributed by atoms with Crippen LogP contribution in [-0.2, 0) is 0 Å². The topological polar surface area (TPSA) is 26.0 Å². The highest BCUT2D eigenvalue weighted by molar-refractivity contribution is 5.37. The van der Waals surface area contributed by atoms with E-state index < -0.39 is 0 Å². The van der Waals surface area contributed by atoms with Crippen LogP contribution in [0.15, 0.2) is 23.3 Å². The van der Waals surface area contributed by atoms with E-state index in [2.05, 4.69) is 12.2 Å². The molecule has 0 radical (unpaired) electrons. The molecule has 2 N–H and O–H groups in total. The van der Waals surface area contributed by atoms with Crippen LogP contribution in [0.1, 0.15) is 32.1 Å². The van der Waals surface area contributed by atoms with Gasteiger partial charge in [0.05, 0.1) is 0 Å². The molecule has 0 bridgehead atoms. The predicted octanol–water partition coefficient (Wildman–Crippen LogP) is 2.39. The van der Waals surface area contributed by atoms with Crippen molar-refractivity contribution in [2.24, 2.45) is 11.7 Å². The number of nitrogens with two attached hydrogens (primary N) is 1. The van der Waals surface area contributed by atoms with Crippen LogP contribution in [0, 0.1) is 5.92 Å². The minimum atomic E-state index is 0.672.